The Hall–Kier alpha value is -3.37. The van der Waals surface area contributed by atoms with Crippen molar-refractivity contribution in [1.29, 1.82) is 0 Å². The highest BCUT2D eigenvalue weighted by Gasteiger charge is 2.22. The number of rotatable bonds is 15. The molecule has 4 heteroatoms. The van der Waals surface area contributed by atoms with Crippen LogP contribution < -0.4 is 4.74 Å². The summed E-state index contributed by atoms with van der Waals surface area (Å²) >= 11 is 0. The number of hydrogen-bond acceptors (Lipinski definition) is 4. The molecule has 3 aromatic rings. The van der Waals surface area contributed by atoms with Crippen LogP contribution in [0.2, 0.25) is 0 Å². The summed E-state index contributed by atoms with van der Waals surface area (Å²) in [5, 5.41) is 9.27. The summed E-state index contributed by atoms with van der Waals surface area (Å²) in [5.74, 6) is 2.03. The van der Waals surface area contributed by atoms with Crippen molar-refractivity contribution >= 4 is 5.97 Å². The number of hydrogen-bond donors (Lipinski definition) is 1. The Bertz CT molecular complexity index is 1330. The van der Waals surface area contributed by atoms with Gasteiger partial charge in [0.2, 0.25) is 0 Å². The Morgan fingerprint density at radius 3 is 2.28 bits per heavy atom. The van der Waals surface area contributed by atoms with Crippen molar-refractivity contribution in [3.63, 3.8) is 0 Å². The van der Waals surface area contributed by atoms with E-state index in [0.29, 0.717) is 30.9 Å². The Morgan fingerprint density at radius 2 is 1.60 bits per heavy atom. The van der Waals surface area contributed by atoms with Crippen molar-refractivity contribution in [3.05, 3.63) is 89.5 Å². The normalized spacial score (nSPS) is 16.6. The molecule has 0 radical (unpaired) electrons. The minimum Gasteiger partial charge on any atom is -0.491 e. The molecule has 0 aliphatic heterocycles. The molecule has 4 rings (SSSR count). The van der Waals surface area contributed by atoms with Crippen LogP contribution in [0.25, 0.3) is 22.3 Å². The van der Waals surface area contributed by atoms with Gasteiger partial charge in [0.25, 0.3) is 0 Å². The van der Waals surface area contributed by atoms with E-state index in [1.54, 1.807) is 6.92 Å². The van der Waals surface area contributed by atoms with Crippen LogP contribution in [0.15, 0.2) is 72.8 Å². The van der Waals surface area contributed by atoms with E-state index < -0.39 is 0 Å². The Labute approximate surface area is 259 Å². The summed E-state index contributed by atoms with van der Waals surface area (Å²) in [6, 6.07) is 22.2. The van der Waals surface area contributed by atoms with Gasteiger partial charge in [0.05, 0.1) is 13.2 Å². The molecule has 0 heterocycles. The smallest absolute Gasteiger partial charge is 0.333 e. The number of aryl methyl sites for hydroxylation is 2. The molecule has 1 aliphatic rings. The van der Waals surface area contributed by atoms with Gasteiger partial charge in [0.15, 0.2) is 0 Å². The molecule has 0 saturated heterocycles. The molecule has 0 unspecified atom stereocenters. The van der Waals surface area contributed by atoms with Crippen molar-refractivity contribution in [3.8, 4) is 28.0 Å². The van der Waals surface area contributed by atoms with Crippen LogP contribution in [0.5, 0.6) is 5.75 Å². The van der Waals surface area contributed by atoms with Crippen molar-refractivity contribution < 1.29 is 19.4 Å². The second kappa shape index (κ2) is 16.5. The van der Waals surface area contributed by atoms with E-state index in [1.165, 1.54) is 79.2 Å². The monoisotopic (exact) mass is 582 g/mol. The van der Waals surface area contributed by atoms with Crippen molar-refractivity contribution in [1.82, 2.24) is 0 Å². The minimum atomic E-state index is -0.365. The zero-order valence-electron chi connectivity index (χ0n) is 26.5. The molecule has 43 heavy (non-hydrogen) atoms. The quantitative estimate of drug-likeness (QED) is 0.110. The van der Waals surface area contributed by atoms with Crippen molar-refractivity contribution in [2.45, 2.75) is 90.9 Å². The van der Waals surface area contributed by atoms with Gasteiger partial charge in [0.1, 0.15) is 12.4 Å². The van der Waals surface area contributed by atoms with E-state index >= 15 is 0 Å². The average Bonchev–Trinajstić information content (AvgIpc) is 3.02. The number of carbonyl (C=O) groups is 1. The summed E-state index contributed by atoms with van der Waals surface area (Å²) < 4.78 is 11.1. The molecule has 1 saturated carbocycles. The van der Waals surface area contributed by atoms with E-state index in [-0.39, 0.29) is 19.2 Å². The lowest BCUT2D eigenvalue weighted by atomic mass is 9.77. The largest absolute Gasteiger partial charge is 0.491 e. The fraction of sp³-hybridized carbons (Fsp3) is 0.462. The van der Waals surface area contributed by atoms with E-state index in [9.17, 15) is 9.90 Å². The van der Waals surface area contributed by atoms with Gasteiger partial charge in [-0.3, -0.25) is 0 Å². The van der Waals surface area contributed by atoms with Gasteiger partial charge >= 0.3 is 5.97 Å². The highest BCUT2D eigenvalue weighted by molar-refractivity contribution is 5.86. The van der Waals surface area contributed by atoms with Gasteiger partial charge in [-0.05, 0) is 115 Å². The van der Waals surface area contributed by atoms with E-state index in [4.69, 9.17) is 9.47 Å². The maximum atomic E-state index is 11.7. The molecular formula is C39H50O4. The first-order valence-corrected chi connectivity index (χ1v) is 16.3. The second-order valence-corrected chi connectivity index (χ2v) is 12.3. The van der Waals surface area contributed by atoms with Crippen LogP contribution in [0.1, 0.15) is 94.2 Å². The molecule has 0 amide bonds. The average molecular weight is 583 g/mol. The molecular weight excluding hydrogens is 532 g/mol. The van der Waals surface area contributed by atoms with Crippen LogP contribution in [-0.2, 0) is 16.0 Å². The fourth-order valence-electron chi connectivity index (χ4n) is 6.37. The van der Waals surface area contributed by atoms with Gasteiger partial charge in [-0.1, -0.05) is 87.7 Å². The predicted molar refractivity (Wildman–Crippen MR) is 178 cm³/mol. The zero-order valence-corrected chi connectivity index (χ0v) is 26.5. The van der Waals surface area contributed by atoms with Gasteiger partial charge in [0, 0.05) is 5.57 Å². The summed E-state index contributed by atoms with van der Waals surface area (Å²) in [5.41, 5.74) is 8.93. The van der Waals surface area contributed by atoms with Gasteiger partial charge in [-0.15, -0.1) is 0 Å². The third-order valence-corrected chi connectivity index (χ3v) is 8.90. The number of aliphatic hydroxyl groups is 1. The molecule has 0 atom stereocenters. The summed E-state index contributed by atoms with van der Waals surface area (Å²) in [7, 11) is 0. The summed E-state index contributed by atoms with van der Waals surface area (Å²) in [6.45, 7) is 10.3. The molecule has 0 bridgehead atoms. The maximum Gasteiger partial charge on any atom is 0.333 e. The zero-order chi connectivity index (χ0) is 30.6. The maximum absolute atomic E-state index is 11.7. The lowest BCUT2D eigenvalue weighted by Crippen LogP contribution is -2.13. The molecule has 3 aromatic carbocycles. The first-order chi connectivity index (χ1) is 20.9. The first-order valence-electron chi connectivity index (χ1n) is 16.3. The second-order valence-electron chi connectivity index (χ2n) is 12.3. The molecule has 1 fully saturated rings. The van der Waals surface area contributed by atoms with Crippen molar-refractivity contribution in [2.75, 3.05) is 19.8 Å². The van der Waals surface area contributed by atoms with E-state index in [0.717, 1.165) is 22.8 Å². The van der Waals surface area contributed by atoms with E-state index in [1.807, 2.05) is 6.07 Å². The van der Waals surface area contributed by atoms with Gasteiger partial charge in [-0.2, -0.15) is 0 Å². The number of aliphatic hydroxyl groups excluding tert-OH is 1. The first kappa shape index (κ1) is 32.5. The predicted octanol–water partition coefficient (Wildman–Crippen LogP) is 9.61. The number of carbonyl (C=O) groups excluding carboxylic acids is 1. The third kappa shape index (κ3) is 9.31. The Balaban J connectivity index is 1.42. The molecule has 230 valence electrons. The lowest BCUT2D eigenvalue weighted by molar-refractivity contribution is -0.139. The highest BCUT2D eigenvalue weighted by atomic mass is 16.5. The molecule has 0 spiro atoms. The fourth-order valence-corrected chi connectivity index (χ4v) is 6.37. The molecule has 0 aromatic heterocycles. The van der Waals surface area contributed by atoms with Crippen molar-refractivity contribution in [2.24, 2.45) is 5.92 Å². The van der Waals surface area contributed by atoms with Crippen LogP contribution in [0, 0.1) is 12.8 Å². The number of ether oxygens (including phenoxy) is 2. The van der Waals surface area contributed by atoms with Crippen LogP contribution in [-0.4, -0.2) is 30.9 Å². The molecule has 1 N–H and O–H groups in total. The minimum absolute atomic E-state index is 0.0424. The van der Waals surface area contributed by atoms with E-state index in [2.05, 4.69) is 75.0 Å². The third-order valence-electron chi connectivity index (χ3n) is 8.90. The summed E-state index contributed by atoms with van der Waals surface area (Å²) in [6.07, 6.45) is 12.3. The van der Waals surface area contributed by atoms with Crippen LogP contribution in [0.4, 0.5) is 0 Å². The molecule has 4 nitrogen and oxygen atoms in total. The number of unbranched alkanes of at least 4 members (excludes halogenated alkanes) is 2. The SMILES string of the molecule is C=C(C)C(=O)OCCCc1cc(-c2ccc(-c3ccc(C4CCC(CCCCC)CC4)cc3)cc2C)ccc1OCCO. The number of benzene rings is 3. The lowest BCUT2D eigenvalue weighted by Gasteiger charge is -2.29. The van der Waals surface area contributed by atoms with Gasteiger partial charge < -0.3 is 14.6 Å². The molecule has 1 aliphatic carbocycles. The highest BCUT2D eigenvalue weighted by Crippen LogP contribution is 2.39. The summed E-state index contributed by atoms with van der Waals surface area (Å²) in [4.78, 5) is 11.7. The topological polar surface area (TPSA) is 55.8 Å². The van der Waals surface area contributed by atoms with Crippen LogP contribution >= 0.6 is 0 Å². The standard InChI is InChI=1S/C39H50O4/c1-5-6-7-9-30-11-13-31(14-12-30)32-15-17-33(18-16-32)34-19-21-37(29(4)26-34)35-20-22-38(42-25-23-40)36(27-35)10-8-24-43-39(41)28(2)3/h15-22,26-27,30-31,40H,2,5-14,23-25H2,1,3-4H3. The Morgan fingerprint density at radius 1 is 0.884 bits per heavy atom. The number of esters is 1. The van der Waals surface area contributed by atoms with Crippen LogP contribution in [0.3, 0.4) is 0 Å². The van der Waals surface area contributed by atoms with Gasteiger partial charge in [-0.25, -0.2) is 4.79 Å². The Kier molecular flexibility index (Phi) is 12.5.